The first-order chi connectivity index (χ1) is 13.7. The number of benzene rings is 1. The Hall–Kier alpha value is -2.80. The van der Waals surface area contributed by atoms with Crippen LogP contribution >= 0.6 is 11.3 Å². The van der Waals surface area contributed by atoms with Crippen LogP contribution in [-0.2, 0) is 13.0 Å². The van der Waals surface area contributed by atoms with E-state index in [0.29, 0.717) is 37.0 Å². The summed E-state index contributed by atoms with van der Waals surface area (Å²) in [5.74, 6) is 2.73. The zero-order valence-electron chi connectivity index (χ0n) is 15.8. The van der Waals surface area contributed by atoms with Gasteiger partial charge in [0, 0.05) is 11.4 Å². The summed E-state index contributed by atoms with van der Waals surface area (Å²) in [6.45, 7) is 3.78. The van der Waals surface area contributed by atoms with Crippen LogP contribution in [0.25, 0.3) is 21.9 Å². The van der Waals surface area contributed by atoms with Crippen LogP contribution in [0.2, 0.25) is 0 Å². The van der Waals surface area contributed by atoms with Crippen LogP contribution in [0, 0.1) is 0 Å². The molecule has 0 fully saturated rings. The molecule has 5 rings (SSSR count). The van der Waals surface area contributed by atoms with Gasteiger partial charge in [-0.25, -0.2) is 4.98 Å². The summed E-state index contributed by atoms with van der Waals surface area (Å²) >= 11 is 1.60. The zero-order valence-corrected chi connectivity index (χ0v) is 16.6. The molecule has 7 heteroatoms. The van der Waals surface area contributed by atoms with Gasteiger partial charge in [-0.1, -0.05) is 6.92 Å². The van der Waals surface area contributed by atoms with Crippen LogP contribution in [0.15, 0.2) is 23.0 Å². The molecular formula is C21H20N2O4S. The number of fused-ring (bicyclic) bond motifs is 3. The van der Waals surface area contributed by atoms with E-state index in [4.69, 9.17) is 19.2 Å². The van der Waals surface area contributed by atoms with E-state index in [9.17, 15) is 4.79 Å². The Morgan fingerprint density at radius 2 is 2.14 bits per heavy atom. The van der Waals surface area contributed by atoms with Crippen LogP contribution in [-0.4, -0.2) is 29.9 Å². The highest BCUT2D eigenvalue weighted by molar-refractivity contribution is 7.18. The number of hydrogen-bond donors (Lipinski definition) is 0. The molecule has 2 aromatic heterocycles. The SMILES string of the molecule is CCc1cc2c(=O)n3c(nc2s1)/C(=C/c1cc(OC)c2c(c1)OCCO2)CC3. The minimum Gasteiger partial charge on any atom is -0.493 e. The monoisotopic (exact) mass is 396 g/mol. The minimum absolute atomic E-state index is 0.0547. The van der Waals surface area contributed by atoms with Gasteiger partial charge in [0.15, 0.2) is 11.5 Å². The van der Waals surface area contributed by atoms with Gasteiger partial charge in [0.2, 0.25) is 5.75 Å². The molecule has 0 N–H and O–H groups in total. The summed E-state index contributed by atoms with van der Waals surface area (Å²) < 4.78 is 18.7. The van der Waals surface area contributed by atoms with Gasteiger partial charge in [0.25, 0.3) is 5.56 Å². The first kappa shape index (κ1) is 17.3. The fraction of sp³-hybridized carbons (Fsp3) is 0.333. The van der Waals surface area contributed by atoms with E-state index in [1.54, 1.807) is 23.0 Å². The van der Waals surface area contributed by atoms with E-state index in [-0.39, 0.29) is 5.56 Å². The molecule has 1 aromatic carbocycles. The van der Waals surface area contributed by atoms with Crippen LogP contribution in [0.3, 0.4) is 0 Å². The molecule has 2 aliphatic rings. The predicted molar refractivity (Wildman–Crippen MR) is 110 cm³/mol. The number of hydrogen-bond acceptors (Lipinski definition) is 6. The smallest absolute Gasteiger partial charge is 0.262 e. The lowest BCUT2D eigenvalue weighted by Crippen LogP contribution is -2.19. The second-order valence-electron chi connectivity index (χ2n) is 6.84. The fourth-order valence-corrected chi connectivity index (χ4v) is 4.71. The maximum absolute atomic E-state index is 12.9. The molecule has 2 aliphatic heterocycles. The van der Waals surface area contributed by atoms with E-state index in [2.05, 4.69) is 13.0 Å². The largest absolute Gasteiger partial charge is 0.493 e. The molecule has 4 heterocycles. The van der Waals surface area contributed by atoms with Crippen LogP contribution in [0.1, 0.15) is 29.6 Å². The third kappa shape index (κ3) is 2.69. The zero-order chi connectivity index (χ0) is 19.3. The average Bonchev–Trinajstić information content (AvgIpc) is 3.32. The molecule has 0 atom stereocenters. The third-order valence-electron chi connectivity index (χ3n) is 5.13. The maximum Gasteiger partial charge on any atom is 0.262 e. The Morgan fingerprint density at radius 1 is 1.29 bits per heavy atom. The van der Waals surface area contributed by atoms with Gasteiger partial charge in [0.05, 0.1) is 12.5 Å². The van der Waals surface area contributed by atoms with Crippen molar-refractivity contribution >= 4 is 33.2 Å². The van der Waals surface area contributed by atoms with Crippen molar-refractivity contribution in [3.8, 4) is 17.2 Å². The second-order valence-corrected chi connectivity index (χ2v) is 7.96. The summed E-state index contributed by atoms with van der Waals surface area (Å²) in [5, 5.41) is 0.729. The topological polar surface area (TPSA) is 62.6 Å². The number of aromatic nitrogens is 2. The van der Waals surface area contributed by atoms with Crippen LogP contribution in [0.5, 0.6) is 17.2 Å². The van der Waals surface area contributed by atoms with E-state index < -0.39 is 0 Å². The molecular weight excluding hydrogens is 376 g/mol. The summed E-state index contributed by atoms with van der Waals surface area (Å²) in [6.07, 6.45) is 3.75. The molecule has 0 amide bonds. The highest BCUT2D eigenvalue weighted by Gasteiger charge is 2.23. The lowest BCUT2D eigenvalue weighted by Gasteiger charge is -2.21. The Bertz CT molecular complexity index is 1160. The van der Waals surface area contributed by atoms with Crippen molar-refractivity contribution < 1.29 is 14.2 Å². The van der Waals surface area contributed by atoms with Crippen LogP contribution in [0.4, 0.5) is 0 Å². The minimum atomic E-state index is 0.0547. The van der Waals surface area contributed by atoms with Crippen molar-refractivity contribution in [1.82, 2.24) is 9.55 Å². The van der Waals surface area contributed by atoms with Gasteiger partial charge >= 0.3 is 0 Å². The Balaban J connectivity index is 1.62. The van der Waals surface area contributed by atoms with Crippen molar-refractivity contribution in [2.24, 2.45) is 0 Å². The van der Waals surface area contributed by atoms with Gasteiger partial charge in [-0.05, 0) is 48.3 Å². The standard InChI is InChI=1S/C21H20N2O4S/c1-3-14-11-15-20(28-14)22-19-13(4-5-23(19)21(15)24)8-12-9-16(25-2)18-17(10-12)26-6-7-27-18/h8-11H,3-7H2,1-2H3/b13-8+. The number of methoxy groups -OCH3 is 1. The van der Waals surface area contributed by atoms with Crippen LogP contribution < -0.4 is 19.8 Å². The quantitative estimate of drug-likeness (QED) is 0.675. The van der Waals surface area contributed by atoms with Gasteiger partial charge in [-0.3, -0.25) is 9.36 Å². The summed E-state index contributed by atoms with van der Waals surface area (Å²) in [7, 11) is 1.62. The summed E-state index contributed by atoms with van der Waals surface area (Å²) in [6, 6.07) is 5.86. The van der Waals surface area contributed by atoms with E-state index in [0.717, 1.165) is 40.0 Å². The lowest BCUT2D eigenvalue weighted by molar-refractivity contribution is 0.165. The Kier molecular flexibility index (Phi) is 4.12. The number of nitrogens with zero attached hydrogens (tertiary/aromatic N) is 2. The molecule has 0 unspecified atom stereocenters. The van der Waals surface area contributed by atoms with Gasteiger partial charge in [-0.15, -0.1) is 11.3 Å². The number of thiophene rings is 1. The van der Waals surface area contributed by atoms with Crippen molar-refractivity contribution in [3.05, 3.63) is 44.8 Å². The molecule has 0 spiro atoms. The van der Waals surface area contributed by atoms with Gasteiger partial charge in [0.1, 0.15) is 23.9 Å². The number of ether oxygens (including phenoxy) is 3. The molecule has 0 radical (unpaired) electrons. The fourth-order valence-electron chi connectivity index (χ4n) is 3.75. The lowest BCUT2D eigenvalue weighted by atomic mass is 10.1. The van der Waals surface area contributed by atoms with Gasteiger partial charge < -0.3 is 14.2 Å². The third-order valence-corrected chi connectivity index (χ3v) is 6.31. The molecule has 28 heavy (non-hydrogen) atoms. The first-order valence-electron chi connectivity index (χ1n) is 9.39. The molecule has 0 saturated heterocycles. The average molecular weight is 396 g/mol. The second kappa shape index (κ2) is 6.67. The Labute approximate surface area is 166 Å². The van der Waals surface area contributed by atoms with Crippen molar-refractivity contribution in [3.63, 3.8) is 0 Å². The predicted octanol–water partition coefficient (Wildman–Crippen LogP) is 3.74. The highest BCUT2D eigenvalue weighted by atomic mass is 32.1. The number of aryl methyl sites for hydroxylation is 1. The number of rotatable bonds is 3. The summed E-state index contributed by atoms with van der Waals surface area (Å²) in [5.41, 5.74) is 2.04. The Morgan fingerprint density at radius 3 is 2.96 bits per heavy atom. The van der Waals surface area contributed by atoms with E-state index in [1.807, 2.05) is 18.2 Å². The molecule has 0 saturated carbocycles. The van der Waals surface area contributed by atoms with Gasteiger partial charge in [-0.2, -0.15) is 0 Å². The first-order valence-corrected chi connectivity index (χ1v) is 10.2. The van der Waals surface area contributed by atoms with Crippen molar-refractivity contribution in [1.29, 1.82) is 0 Å². The number of allylic oxidation sites excluding steroid dienone is 1. The van der Waals surface area contributed by atoms with Crippen molar-refractivity contribution in [2.45, 2.75) is 26.3 Å². The normalized spacial score (nSPS) is 16.6. The molecule has 3 aromatic rings. The van der Waals surface area contributed by atoms with E-state index in [1.165, 1.54) is 4.88 Å². The van der Waals surface area contributed by atoms with Crippen molar-refractivity contribution in [2.75, 3.05) is 20.3 Å². The summed E-state index contributed by atoms with van der Waals surface area (Å²) in [4.78, 5) is 19.7. The molecule has 0 bridgehead atoms. The highest BCUT2D eigenvalue weighted by Crippen LogP contribution is 2.41. The maximum atomic E-state index is 12.9. The molecule has 144 valence electrons. The molecule has 0 aliphatic carbocycles. The van der Waals surface area contributed by atoms with E-state index >= 15 is 0 Å². The molecule has 6 nitrogen and oxygen atoms in total.